The molecule has 1 aliphatic heterocycles. The van der Waals surface area contributed by atoms with Crippen LogP contribution in [0.4, 0.5) is 0 Å². The van der Waals surface area contributed by atoms with Crippen molar-refractivity contribution >= 4 is 17.5 Å². The van der Waals surface area contributed by atoms with Gasteiger partial charge < -0.3 is 10.0 Å². The Morgan fingerprint density at radius 2 is 2.00 bits per heavy atom. The predicted molar refractivity (Wildman–Crippen MR) is 127 cm³/mol. The Labute approximate surface area is 193 Å². The molecular formula is C27H27ClN2O2. The number of halogens is 1. The smallest absolute Gasteiger partial charge is 0.272 e. The number of aliphatic hydroxyl groups is 1. The van der Waals surface area contributed by atoms with Gasteiger partial charge in [-0.25, -0.2) is 4.98 Å². The lowest BCUT2D eigenvalue weighted by atomic mass is 9.80. The molecule has 2 unspecified atom stereocenters. The van der Waals surface area contributed by atoms with Crippen molar-refractivity contribution < 1.29 is 9.90 Å². The SMILES string of the molecule is CC(C)c1ccccc1-c1ccc2c(c1)C(O)CC21CCN(C(=O)c2ccc(Cl)cn2)C1. The molecule has 2 atom stereocenters. The summed E-state index contributed by atoms with van der Waals surface area (Å²) in [6.45, 7) is 5.67. The molecule has 1 saturated heterocycles. The number of hydrogen-bond donors (Lipinski definition) is 1. The largest absolute Gasteiger partial charge is 0.388 e. The maximum atomic E-state index is 13.0. The molecule has 1 fully saturated rings. The summed E-state index contributed by atoms with van der Waals surface area (Å²) in [6, 6.07) is 18.3. The Bertz CT molecular complexity index is 1170. The number of carbonyl (C=O) groups excluding carboxylic acids is 1. The minimum Gasteiger partial charge on any atom is -0.388 e. The van der Waals surface area contributed by atoms with E-state index in [2.05, 4.69) is 61.3 Å². The van der Waals surface area contributed by atoms with Crippen LogP contribution in [0.2, 0.25) is 5.02 Å². The fourth-order valence-corrected chi connectivity index (χ4v) is 5.55. The number of aromatic nitrogens is 1. The van der Waals surface area contributed by atoms with Crippen LogP contribution >= 0.6 is 11.6 Å². The second-order valence-corrected chi connectivity index (χ2v) is 9.82. The van der Waals surface area contributed by atoms with Gasteiger partial charge >= 0.3 is 0 Å². The van der Waals surface area contributed by atoms with Crippen LogP contribution in [0.25, 0.3) is 11.1 Å². The fraction of sp³-hybridized carbons (Fsp3) is 0.333. The molecule has 1 spiro atoms. The van der Waals surface area contributed by atoms with Crippen molar-refractivity contribution in [3.8, 4) is 11.1 Å². The molecule has 5 heteroatoms. The van der Waals surface area contributed by atoms with Crippen molar-refractivity contribution in [2.24, 2.45) is 0 Å². The van der Waals surface area contributed by atoms with E-state index in [4.69, 9.17) is 11.6 Å². The third-order valence-corrected chi connectivity index (χ3v) is 7.27. The maximum absolute atomic E-state index is 13.0. The average Bonchev–Trinajstić information content (AvgIpc) is 3.34. The topological polar surface area (TPSA) is 53.4 Å². The van der Waals surface area contributed by atoms with Gasteiger partial charge in [0.25, 0.3) is 5.91 Å². The highest BCUT2D eigenvalue weighted by atomic mass is 35.5. The van der Waals surface area contributed by atoms with E-state index in [9.17, 15) is 9.90 Å². The molecule has 2 aliphatic rings. The molecule has 1 aromatic heterocycles. The third-order valence-electron chi connectivity index (χ3n) is 7.05. The molecule has 5 rings (SSSR count). The minimum absolute atomic E-state index is 0.0797. The number of amides is 1. The minimum atomic E-state index is -0.514. The van der Waals surface area contributed by atoms with Crippen LogP contribution in [0.3, 0.4) is 0 Å². The van der Waals surface area contributed by atoms with E-state index in [1.165, 1.54) is 22.9 Å². The quantitative estimate of drug-likeness (QED) is 0.557. The van der Waals surface area contributed by atoms with Gasteiger partial charge in [0.1, 0.15) is 5.69 Å². The van der Waals surface area contributed by atoms with Crippen LogP contribution < -0.4 is 0 Å². The van der Waals surface area contributed by atoms with Crippen LogP contribution in [0.15, 0.2) is 60.8 Å². The van der Waals surface area contributed by atoms with Crippen molar-refractivity contribution in [2.75, 3.05) is 13.1 Å². The van der Waals surface area contributed by atoms with Gasteiger partial charge in [-0.1, -0.05) is 61.8 Å². The molecule has 3 aromatic rings. The molecule has 164 valence electrons. The number of aliphatic hydroxyl groups excluding tert-OH is 1. The zero-order chi connectivity index (χ0) is 22.5. The highest BCUT2D eigenvalue weighted by Gasteiger charge is 2.48. The lowest BCUT2D eigenvalue weighted by molar-refractivity contribution is 0.0770. The van der Waals surface area contributed by atoms with Crippen molar-refractivity contribution in [3.63, 3.8) is 0 Å². The summed E-state index contributed by atoms with van der Waals surface area (Å²) in [5.41, 5.74) is 6.05. The molecule has 1 aliphatic carbocycles. The van der Waals surface area contributed by atoms with Crippen LogP contribution in [-0.4, -0.2) is 34.0 Å². The standard InChI is InChI=1S/C27H27ClN2O2/c1-17(2)20-5-3-4-6-21(20)18-7-9-23-22(13-18)25(31)14-27(23)11-12-30(16-27)26(32)24-10-8-19(28)15-29-24/h3-10,13,15,17,25,31H,11-12,14,16H2,1-2H3. The summed E-state index contributed by atoms with van der Waals surface area (Å²) in [4.78, 5) is 19.0. The van der Waals surface area contributed by atoms with Gasteiger partial charge in [-0.05, 0) is 64.8 Å². The highest BCUT2D eigenvalue weighted by molar-refractivity contribution is 6.30. The van der Waals surface area contributed by atoms with Crippen LogP contribution in [0.1, 0.15) is 65.9 Å². The number of likely N-dealkylation sites (tertiary alicyclic amines) is 1. The molecule has 4 nitrogen and oxygen atoms in total. The molecule has 32 heavy (non-hydrogen) atoms. The third kappa shape index (κ3) is 3.52. The highest BCUT2D eigenvalue weighted by Crippen LogP contribution is 2.51. The molecule has 0 radical (unpaired) electrons. The Morgan fingerprint density at radius 3 is 2.75 bits per heavy atom. The molecule has 2 aromatic carbocycles. The number of carbonyl (C=O) groups is 1. The van der Waals surface area contributed by atoms with Gasteiger partial charge in [-0.15, -0.1) is 0 Å². The van der Waals surface area contributed by atoms with Gasteiger partial charge in [0, 0.05) is 24.7 Å². The van der Waals surface area contributed by atoms with Crippen LogP contribution in [-0.2, 0) is 5.41 Å². The van der Waals surface area contributed by atoms with E-state index in [1.54, 1.807) is 12.1 Å². The normalized spacial score (nSPS) is 22.0. The fourth-order valence-electron chi connectivity index (χ4n) is 5.44. The number of pyridine rings is 1. The van der Waals surface area contributed by atoms with Gasteiger partial charge in [-0.3, -0.25) is 4.79 Å². The lowest BCUT2D eigenvalue weighted by Gasteiger charge is -2.25. The maximum Gasteiger partial charge on any atom is 0.272 e. The summed E-state index contributed by atoms with van der Waals surface area (Å²) in [6.07, 6.45) is 2.49. The second kappa shape index (κ2) is 8.02. The van der Waals surface area contributed by atoms with E-state index in [1.807, 2.05) is 4.90 Å². The monoisotopic (exact) mass is 446 g/mol. The Kier molecular flexibility index (Phi) is 5.31. The first-order valence-electron chi connectivity index (χ1n) is 11.2. The first kappa shape index (κ1) is 21.2. The number of nitrogens with zero attached hydrogens (tertiary/aromatic N) is 2. The zero-order valence-electron chi connectivity index (χ0n) is 18.4. The van der Waals surface area contributed by atoms with Gasteiger partial charge in [0.15, 0.2) is 0 Å². The number of rotatable bonds is 3. The van der Waals surface area contributed by atoms with E-state index in [0.29, 0.717) is 36.1 Å². The van der Waals surface area contributed by atoms with Gasteiger partial charge in [0.2, 0.25) is 0 Å². The molecule has 1 amide bonds. The summed E-state index contributed by atoms with van der Waals surface area (Å²) in [7, 11) is 0. The second-order valence-electron chi connectivity index (χ2n) is 9.38. The summed E-state index contributed by atoms with van der Waals surface area (Å²) >= 11 is 5.92. The van der Waals surface area contributed by atoms with Crippen LogP contribution in [0, 0.1) is 0 Å². The average molecular weight is 447 g/mol. The molecular weight excluding hydrogens is 420 g/mol. The number of hydrogen-bond acceptors (Lipinski definition) is 3. The van der Waals surface area contributed by atoms with E-state index in [-0.39, 0.29) is 11.3 Å². The van der Waals surface area contributed by atoms with Crippen molar-refractivity contribution in [1.82, 2.24) is 9.88 Å². The molecule has 2 heterocycles. The zero-order valence-corrected chi connectivity index (χ0v) is 19.1. The van der Waals surface area contributed by atoms with E-state index >= 15 is 0 Å². The summed E-state index contributed by atoms with van der Waals surface area (Å²) in [5.74, 6) is 0.343. The van der Waals surface area contributed by atoms with E-state index < -0.39 is 6.10 Å². The molecule has 0 bridgehead atoms. The van der Waals surface area contributed by atoms with Crippen LogP contribution in [0.5, 0.6) is 0 Å². The Balaban J connectivity index is 1.45. The Morgan fingerprint density at radius 1 is 1.19 bits per heavy atom. The van der Waals surface area contributed by atoms with Gasteiger partial charge in [-0.2, -0.15) is 0 Å². The Hall–Kier alpha value is -2.69. The van der Waals surface area contributed by atoms with Gasteiger partial charge in [0.05, 0.1) is 11.1 Å². The molecule has 0 saturated carbocycles. The number of benzene rings is 2. The first-order valence-corrected chi connectivity index (χ1v) is 11.6. The van der Waals surface area contributed by atoms with E-state index in [0.717, 1.165) is 17.5 Å². The lowest BCUT2D eigenvalue weighted by Crippen LogP contribution is -2.33. The summed E-state index contributed by atoms with van der Waals surface area (Å²) < 4.78 is 0. The van der Waals surface area contributed by atoms with Crippen molar-refractivity contribution in [1.29, 1.82) is 0 Å². The molecule has 1 N–H and O–H groups in total. The number of fused-ring (bicyclic) bond motifs is 2. The first-order chi connectivity index (χ1) is 15.4. The summed E-state index contributed by atoms with van der Waals surface area (Å²) in [5, 5.41) is 11.5. The predicted octanol–water partition coefficient (Wildman–Crippen LogP) is 5.75. The van der Waals surface area contributed by atoms with Crippen molar-refractivity contribution in [3.05, 3.63) is 88.2 Å². The van der Waals surface area contributed by atoms with Crippen molar-refractivity contribution in [2.45, 2.75) is 44.1 Å².